The molecular weight excluding hydrogens is 412 g/mol. The second kappa shape index (κ2) is 9.14. The van der Waals surface area contributed by atoms with Crippen molar-refractivity contribution in [3.8, 4) is 11.8 Å². The molecule has 2 heterocycles. The number of nitriles is 1. The number of nitrogens with one attached hydrogen (secondary N) is 1. The third kappa shape index (κ3) is 4.20. The van der Waals surface area contributed by atoms with Crippen molar-refractivity contribution in [3.05, 3.63) is 86.5 Å². The summed E-state index contributed by atoms with van der Waals surface area (Å²) in [5.74, 6) is -1.24. The van der Waals surface area contributed by atoms with Crippen molar-refractivity contribution in [2.75, 3.05) is 6.61 Å². The fourth-order valence-electron chi connectivity index (χ4n) is 3.44. The van der Waals surface area contributed by atoms with Gasteiger partial charge in [0.15, 0.2) is 0 Å². The average Bonchev–Trinajstić information content (AvgIpc) is 3.34. The molecule has 32 heavy (non-hydrogen) atoms. The molecular formula is C23H20N4O5. The van der Waals surface area contributed by atoms with E-state index in [0.717, 1.165) is 0 Å². The standard InChI is InChI=1S/C23H20N4O5/c1-4-32-23(29)21-15(3)25-14(2)20(21)22(28)16(13-24)12-19-6-5-11-26(19)17-7-9-18(10-8-17)27(30)31/h5-12,25H,4H2,1-3H3/b16-12+. The second-order valence-corrected chi connectivity index (χ2v) is 6.92. The SMILES string of the molecule is CCOC(=O)c1c(C)[nH]c(C)c1C(=O)/C(C#N)=C/c1cccn1-c1ccc([N+](=O)[O-])cc1. The number of H-pyrrole nitrogens is 1. The number of Topliss-reactive ketones (excluding diaryl/α,β-unsaturated/α-hetero) is 1. The third-order valence-corrected chi connectivity index (χ3v) is 4.86. The number of esters is 1. The molecule has 1 N–H and O–H groups in total. The molecule has 0 aliphatic rings. The fraction of sp³-hybridized carbons (Fsp3) is 0.174. The van der Waals surface area contributed by atoms with Gasteiger partial charge in [0.1, 0.15) is 11.6 Å². The summed E-state index contributed by atoms with van der Waals surface area (Å²) in [7, 11) is 0. The van der Waals surface area contributed by atoms with E-state index in [-0.39, 0.29) is 29.0 Å². The third-order valence-electron chi connectivity index (χ3n) is 4.86. The predicted octanol–water partition coefficient (Wildman–Crippen LogP) is 4.30. The highest BCUT2D eigenvalue weighted by atomic mass is 16.6. The van der Waals surface area contributed by atoms with Gasteiger partial charge in [-0.15, -0.1) is 0 Å². The lowest BCUT2D eigenvalue weighted by molar-refractivity contribution is -0.384. The lowest BCUT2D eigenvalue weighted by Gasteiger charge is -2.08. The largest absolute Gasteiger partial charge is 0.462 e. The first-order chi connectivity index (χ1) is 15.3. The van der Waals surface area contributed by atoms with Gasteiger partial charge in [0, 0.05) is 41.1 Å². The van der Waals surface area contributed by atoms with Crippen LogP contribution >= 0.6 is 0 Å². The molecule has 1 aromatic carbocycles. The first-order valence-corrected chi connectivity index (χ1v) is 9.73. The van der Waals surface area contributed by atoms with Crippen molar-refractivity contribution in [1.29, 1.82) is 5.26 Å². The molecule has 0 saturated carbocycles. The van der Waals surface area contributed by atoms with Crippen molar-refractivity contribution in [2.45, 2.75) is 20.8 Å². The topological polar surface area (TPSA) is 131 Å². The average molecular weight is 432 g/mol. The van der Waals surface area contributed by atoms with Crippen molar-refractivity contribution in [2.24, 2.45) is 0 Å². The lowest BCUT2D eigenvalue weighted by atomic mass is 9.98. The molecule has 0 aliphatic carbocycles. The summed E-state index contributed by atoms with van der Waals surface area (Å²) in [4.78, 5) is 39.0. The number of aryl methyl sites for hydroxylation is 2. The quantitative estimate of drug-likeness (QED) is 0.148. The molecule has 3 rings (SSSR count). The van der Waals surface area contributed by atoms with Crippen LogP contribution in [0, 0.1) is 35.3 Å². The number of carbonyl (C=O) groups excluding carboxylic acids is 2. The number of ketones is 1. The van der Waals surface area contributed by atoms with E-state index in [9.17, 15) is 25.0 Å². The van der Waals surface area contributed by atoms with Gasteiger partial charge in [0.25, 0.3) is 5.69 Å². The zero-order chi connectivity index (χ0) is 23.4. The van der Waals surface area contributed by atoms with Gasteiger partial charge in [0.05, 0.1) is 22.7 Å². The Balaban J connectivity index is 2.03. The highest BCUT2D eigenvalue weighted by Gasteiger charge is 2.27. The molecule has 0 aliphatic heterocycles. The van der Waals surface area contributed by atoms with Crippen molar-refractivity contribution < 1.29 is 19.2 Å². The van der Waals surface area contributed by atoms with Crippen LogP contribution in [0.4, 0.5) is 5.69 Å². The van der Waals surface area contributed by atoms with Crippen LogP contribution in [-0.4, -0.2) is 32.8 Å². The highest BCUT2D eigenvalue weighted by Crippen LogP contribution is 2.25. The molecule has 0 bridgehead atoms. The molecule has 0 amide bonds. The minimum Gasteiger partial charge on any atom is -0.462 e. The van der Waals surface area contributed by atoms with E-state index < -0.39 is 16.7 Å². The molecule has 0 saturated heterocycles. The number of nitrogens with zero attached hydrogens (tertiary/aromatic N) is 3. The Morgan fingerprint density at radius 1 is 1.19 bits per heavy atom. The molecule has 0 atom stereocenters. The lowest BCUT2D eigenvalue weighted by Crippen LogP contribution is -2.13. The van der Waals surface area contributed by atoms with E-state index in [1.54, 1.807) is 55.8 Å². The number of allylic oxidation sites excluding steroid dienone is 1. The molecule has 162 valence electrons. The van der Waals surface area contributed by atoms with Crippen LogP contribution < -0.4 is 0 Å². The van der Waals surface area contributed by atoms with Crippen molar-refractivity contribution >= 4 is 23.5 Å². The second-order valence-electron chi connectivity index (χ2n) is 6.92. The van der Waals surface area contributed by atoms with E-state index in [0.29, 0.717) is 22.8 Å². The van der Waals surface area contributed by atoms with E-state index >= 15 is 0 Å². The van der Waals surface area contributed by atoms with Gasteiger partial charge in [-0.2, -0.15) is 5.26 Å². The maximum atomic E-state index is 13.2. The van der Waals surface area contributed by atoms with Gasteiger partial charge in [0.2, 0.25) is 5.78 Å². The highest BCUT2D eigenvalue weighted by molar-refractivity contribution is 6.19. The van der Waals surface area contributed by atoms with Crippen LogP contribution in [0.2, 0.25) is 0 Å². The molecule has 3 aromatic rings. The number of ether oxygens (including phenoxy) is 1. The molecule has 0 radical (unpaired) electrons. The van der Waals surface area contributed by atoms with Gasteiger partial charge >= 0.3 is 5.97 Å². The van der Waals surface area contributed by atoms with E-state index in [1.165, 1.54) is 18.2 Å². The predicted molar refractivity (Wildman–Crippen MR) is 117 cm³/mol. The molecule has 0 fully saturated rings. The summed E-state index contributed by atoms with van der Waals surface area (Å²) in [6.07, 6.45) is 3.13. The zero-order valence-corrected chi connectivity index (χ0v) is 17.7. The number of nitro benzene ring substituents is 1. The Hall–Kier alpha value is -4.45. The van der Waals surface area contributed by atoms with Gasteiger partial charge in [-0.1, -0.05) is 0 Å². The van der Waals surface area contributed by atoms with Crippen LogP contribution in [0.25, 0.3) is 11.8 Å². The first kappa shape index (κ1) is 22.2. The molecule has 0 spiro atoms. The smallest absolute Gasteiger partial charge is 0.340 e. The van der Waals surface area contributed by atoms with Gasteiger partial charge in [-0.3, -0.25) is 14.9 Å². The molecule has 0 unspecified atom stereocenters. The Bertz CT molecular complexity index is 1270. The van der Waals surface area contributed by atoms with Crippen LogP contribution in [0.1, 0.15) is 44.7 Å². The summed E-state index contributed by atoms with van der Waals surface area (Å²) in [6, 6.07) is 11.2. The number of carbonyl (C=O) groups is 2. The minimum atomic E-state index is -0.635. The van der Waals surface area contributed by atoms with Crippen LogP contribution in [0.3, 0.4) is 0 Å². The van der Waals surface area contributed by atoms with Gasteiger partial charge in [-0.25, -0.2) is 4.79 Å². The fourth-order valence-corrected chi connectivity index (χ4v) is 3.44. The summed E-state index contributed by atoms with van der Waals surface area (Å²) in [5, 5.41) is 20.6. The maximum absolute atomic E-state index is 13.2. The Morgan fingerprint density at radius 2 is 1.84 bits per heavy atom. The number of non-ortho nitro benzene ring substituents is 1. The van der Waals surface area contributed by atoms with Gasteiger partial charge < -0.3 is 14.3 Å². The number of rotatable bonds is 7. The zero-order valence-electron chi connectivity index (χ0n) is 17.7. The number of hydrogen-bond acceptors (Lipinski definition) is 6. The van der Waals surface area contributed by atoms with E-state index in [1.807, 2.05) is 6.07 Å². The monoisotopic (exact) mass is 432 g/mol. The number of hydrogen-bond donors (Lipinski definition) is 1. The summed E-state index contributed by atoms with van der Waals surface area (Å²) >= 11 is 0. The van der Waals surface area contributed by atoms with Crippen LogP contribution in [0.15, 0.2) is 48.2 Å². The van der Waals surface area contributed by atoms with Crippen LogP contribution in [0.5, 0.6) is 0 Å². The van der Waals surface area contributed by atoms with Crippen LogP contribution in [-0.2, 0) is 4.74 Å². The maximum Gasteiger partial charge on any atom is 0.340 e. The van der Waals surface area contributed by atoms with E-state index in [2.05, 4.69) is 4.98 Å². The summed E-state index contributed by atoms with van der Waals surface area (Å²) in [6.45, 7) is 5.13. The number of aromatic amines is 1. The minimum absolute atomic E-state index is 0.0457. The number of aromatic nitrogens is 2. The molecule has 2 aromatic heterocycles. The number of nitro groups is 1. The van der Waals surface area contributed by atoms with Crippen molar-refractivity contribution in [1.82, 2.24) is 9.55 Å². The first-order valence-electron chi connectivity index (χ1n) is 9.73. The van der Waals surface area contributed by atoms with E-state index in [4.69, 9.17) is 4.74 Å². The molecule has 9 heteroatoms. The number of benzene rings is 1. The molecule has 9 nitrogen and oxygen atoms in total. The Kier molecular flexibility index (Phi) is 6.35. The summed E-state index contributed by atoms with van der Waals surface area (Å²) < 4.78 is 6.76. The van der Waals surface area contributed by atoms with Gasteiger partial charge in [-0.05, 0) is 51.1 Å². The summed E-state index contributed by atoms with van der Waals surface area (Å²) in [5.41, 5.74) is 2.08. The Labute approximate surface area is 183 Å². The normalized spacial score (nSPS) is 11.1. The van der Waals surface area contributed by atoms with Crippen molar-refractivity contribution in [3.63, 3.8) is 0 Å². The Morgan fingerprint density at radius 3 is 2.44 bits per heavy atom.